The van der Waals surface area contributed by atoms with Gasteiger partial charge >= 0.3 is 5.91 Å². The molecule has 22 heteroatoms. The monoisotopic (exact) mass is 957 g/mol. The number of thioether (sulfide) groups is 1. The van der Waals surface area contributed by atoms with Crippen LogP contribution in [0.3, 0.4) is 0 Å². The van der Waals surface area contributed by atoms with Crippen LogP contribution >= 0.6 is 34.4 Å². The van der Waals surface area contributed by atoms with E-state index >= 15 is 0 Å². The van der Waals surface area contributed by atoms with Crippen molar-refractivity contribution in [2.24, 2.45) is 15.9 Å². The van der Waals surface area contributed by atoms with Crippen LogP contribution in [-0.4, -0.2) is 109 Å². The highest BCUT2D eigenvalue weighted by Crippen LogP contribution is 2.31. The Bertz CT molecular complexity index is 2830. The molecule has 8 rings (SSSR count). The van der Waals surface area contributed by atoms with E-state index in [0.29, 0.717) is 102 Å². The van der Waals surface area contributed by atoms with E-state index in [-0.39, 0.29) is 24.1 Å². The van der Waals surface area contributed by atoms with Crippen LogP contribution in [0.2, 0.25) is 0 Å². The first-order valence-electron chi connectivity index (χ1n) is 21.5. The van der Waals surface area contributed by atoms with E-state index in [1.54, 1.807) is 46.9 Å². The molecule has 0 bridgehead atoms. The largest absolute Gasteiger partial charge is 0.378 e. The minimum Gasteiger partial charge on any atom is -0.378 e. The van der Waals surface area contributed by atoms with Gasteiger partial charge in [0.15, 0.2) is 27.8 Å². The van der Waals surface area contributed by atoms with Gasteiger partial charge in [-0.05, 0) is 36.1 Å². The van der Waals surface area contributed by atoms with Crippen molar-refractivity contribution in [2.45, 2.75) is 37.9 Å². The molecule has 0 radical (unpaired) electrons. The van der Waals surface area contributed by atoms with E-state index in [1.165, 1.54) is 27.7 Å². The van der Waals surface area contributed by atoms with Crippen LogP contribution in [0.25, 0.3) is 22.4 Å². The Hall–Kier alpha value is -6.98. The third-order valence-corrected chi connectivity index (χ3v) is 12.5. The molecule has 1 aliphatic heterocycles. The van der Waals surface area contributed by atoms with Gasteiger partial charge in [-0.1, -0.05) is 90.6 Å². The number of nitrogens with zero attached hydrogens (tertiary/aromatic N) is 10. The maximum atomic E-state index is 13.6. The summed E-state index contributed by atoms with van der Waals surface area (Å²) >= 11 is 4.23. The lowest BCUT2D eigenvalue weighted by Crippen LogP contribution is -2.30. The summed E-state index contributed by atoms with van der Waals surface area (Å²) in [7, 11) is 0. The number of hydrogen-bond acceptors (Lipinski definition) is 18. The second-order valence-corrected chi connectivity index (χ2v) is 17.6. The maximum absolute atomic E-state index is 13.6. The molecule has 3 aromatic carbocycles. The molecule has 0 spiro atoms. The molecule has 0 atom stereocenters. The standard InChI is InChI=1S/C45H47N15O4S3/c1-2-25-65-44-52-39(48-19-18-46)38-40(53-44)59(58-55-38)27-30-10-8-29(9-11-30)12-17-35(61)47-20-23-64-24-21-49-41(62)33-15-13-31(14-16-33)34-28-67-45(51-34)60-42(63)37(54-56-43-50-22-26-66-43)36(57-60)32-6-4-3-5-7-32/h3-11,13-16,22,26,28H,2,12,17-21,23-25,27,46H2,1H3,(H,47,61)(H,49,62)(H,50,56)(H,48,52,53)/b54-37+. The number of carbonyl (C=O) groups is 3. The van der Waals surface area contributed by atoms with Gasteiger partial charge in [-0.25, -0.2) is 24.6 Å². The van der Waals surface area contributed by atoms with Gasteiger partial charge in [0.25, 0.3) is 5.91 Å². The topological polar surface area (TPSA) is 245 Å². The molecule has 1 aliphatic rings. The smallest absolute Gasteiger partial charge is 0.303 e. The first-order chi connectivity index (χ1) is 32.9. The highest BCUT2D eigenvalue weighted by atomic mass is 32.2. The number of aromatic nitrogens is 7. The molecule has 6 N–H and O–H groups in total. The third-order valence-electron chi connectivity index (χ3n) is 9.99. The minimum absolute atomic E-state index is 0.0716. The Labute approximate surface area is 397 Å². The van der Waals surface area contributed by atoms with Gasteiger partial charge in [-0.15, -0.1) is 27.8 Å². The fourth-order valence-corrected chi connectivity index (χ4v) is 8.58. The molecule has 0 saturated heterocycles. The van der Waals surface area contributed by atoms with E-state index in [0.717, 1.165) is 34.4 Å². The first kappa shape index (κ1) is 46.5. The Morgan fingerprint density at radius 1 is 0.896 bits per heavy atom. The number of thiazole rings is 2. The Kier molecular flexibility index (Phi) is 16.0. The molecule has 0 fully saturated rings. The summed E-state index contributed by atoms with van der Waals surface area (Å²) in [6.07, 6.45) is 3.58. The van der Waals surface area contributed by atoms with Crippen LogP contribution in [0.5, 0.6) is 0 Å². The highest BCUT2D eigenvalue weighted by Gasteiger charge is 2.36. The Morgan fingerprint density at radius 2 is 1.69 bits per heavy atom. The molecule has 0 aliphatic carbocycles. The van der Waals surface area contributed by atoms with E-state index in [4.69, 9.17) is 20.4 Å². The zero-order valence-electron chi connectivity index (χ0n) is 36.4. The quantitative estimate of drug-likeness (QED) is 0.0232. The fourth-order valence-electron chi connectivity index (χ4n) is 6.63. The van der Waals surface area contributed by atoms with Gasteiger partial charge in [0.05, 0.1) is 25.5 Å². The number of nitrogens with one attached hydrogen (secondary N) is 4. The summed E-state index contributed by atoms with van der Waals surface area (Å²) in [6, 6.07) is 24.5. The summed E-state index contributed by atoms with van der Waals surface area (Å²) in [6.45, 7) is 4.89. The summed E-state index contributed by atoms with van der Waals surface area (Å²) < 4.78 is 7.42. The molecule has 4 aromatic heterocycles. The molecule has 0 saturated carbocycles. The van der Waals surface area contributed by atoms with E-state index in [9.17, 15) is 14.4 Å². The van der Waals surface area contributed by atoms with Gasteiger partial charge in [0.2, 0.25) is 16.2 Å². The summed E-state index contributed by atoms with van der Waals surface area (Å²) in [5.41, 5.74) is 15.1. The number of fused-ring (bicyclic) bond motifs is 1. The number of hydrogen-bond donors (Lipinski definition) is 5. The predicted molar refractivity (Wildman–Crippen MR) is 263 cm³/mol. The number of benzene rings is 3. The predicted octanol–water partition coefficient (Wildman–Crippen LogP) is 5.44. The molecular weight excluding hydrogens is 911 g/mol. The Balaban J connectivity index is 0.736. The van der Waals surface area contributed by atoms with Gasteiger partial charge < -0.3 is 26.4 Å². The summed E-state index contributed by atoms with van der Waals surface area (Å²) in [4.78, 5) is 57.2. The summed E-state index contributed by atoms with van der Waals surface area (Å²) in [5, 5.41) is 33.2. The number of carbonyl (C=O) groups excluding carboxylic acids is 3. The second-order valence-electron chi connectivity index (χ2n) is 14.8. The van der Waals surface area contributed by atoms with Crippen LogP contribution in [0.1, 0.15) is 46.8 Å². The average Bonchev–Trinajstić information content (AvgIpc) is 4.20. The SMILES string of the molecule is CCCSc1nc(NCCN)c2nnn(Cc3ccc(CCC(=O)NCCOCCNC(=O)c4ccc(-c5csc(N6N=C(c7ccccc7)/C(=N\Nc7nccs7)C6=O)n5)cc4)cc3)c2n1. The van der Waals surface area contributed by atoms with Crippen LogP contribution in [0.15, 0.2) is 111 Å². The lowest BCUT2D eigenvalue weighted by Gasteiger charge is -2.09. The third kappa shape index (κ3) is 12.1. The van der Waals surface area contributed by atoms with E-state index in [1.807, 2.05) is 65.4 Å². The van der Waals surface area contributed by atoms with Crippen LogP contribution in [0, 0.1) is 0 Å². The molecule has 0 unspecified atom stereocenters. The van der Waals surface area contributed by atoms with Gasteiger partial charge in [-0.2, -0.15) is 15.2 Å². The molecule has 344 valence electrons. The molecule has 7 aromatic rings. The van der Waals surface area contributed by atoms with Gasteiger partial charge in [-0.3, -0.25) is 19.8 Å². The fraction of sp³-hybridized carbons (Fsp3) is 0.267. The van der Waals surface area contributed by atoms with Gasteiger partial charge in [0, 0.05) is 72.0 Å². The number of amides is 3. The summed E-state index contributed by atoms with van der Waals surface area (Å²) in [5.74, 6) is 0.793. The van der Waals surface area contributed by atoms with Crippen LogP contribution in [0.4, 0.5) is 16.1 Å². The van der Waals surface area contributed by atoms with Crippen molar-refractivity contribution >= 4 is 90.8 Å². The number of ether oxygens (including phenoxy) is 1. The van der Waals surface area contributed by atoms with E-state index < -0.39 is 5.91 Å². The van der Waals surface area contributed by atoms with Crippen molar-refractivity contribution in [3.8, 4) is 11.3 Å². The zero-order chi connectivity index (χ0) is 46.4. The molecule has 3 amide bonds. The maximum Gasteiger partial charge on any atom is 0.303 e. The number of anilines is 3. The van der Waals surface area contributed by atoms with Crippen molar-refractivity contribution in [1.29, 1.82) is 0 Å². The molecule has 19 nitrogen and oxygen atoms in total. The van der Waals surface area contributed by atoms with Gasteiger partial charge in [0.1, 0.15) is 5.71 Å². The lowest BCUT2D eigenvalue weighted by molar-refractivity contribution is -0.121. The normalized spacial score (nSPS) is 13.0. The van der Waals surface area contributed by atoms with Crippen LogP contribution < -0.4 is 32.1 Å². The molecule has 5 heterocycles. The Morgan fingerprint density at radius 3 is 2.45 bits per heavy atom. The lowest BCUT2D eigenvalue weighted by atomic mass is 10.1. The number of rotatable bonds is 23. The number of hydrazone groups is 2. The van der Waals surface area contributed by atoms with E-state index in [2.05, 4.69) is 58.8 Å². The minimum atomic E-state index is -0.423. The average molecular weight is 958 g/mol. The van der Waals surface area contributed by atoms with Crippen molar-refractivity contribution in [3.05, 3.63) is 118 Å². The van der Waals surface area contributed by atoms with Crippen molar-refractivity contribution in [2.75, 3.05) is 60.9 Å². The number of aryl methyl sites for hydroxylation is 1. The molecule has 67 heavy (non-hydrogen) atoms. The highest BCUT2D eigenvalue weighted by molar-refractivity contribution is 7.99. The molecular formula is C45H47N15O4S3. The zero-order valence-corrected chi connectivity index (χ0v) is 38.9. The number of nitrogens with two attached hydrogens (primary N) is 1. The van der Waals surface area contributed by atoms with Crippen LogP contribution in [-0.2, 0) is 27.3 Å². The van der Waals surface area contributed by atoms with Crippen molar-refractivity contribution in [1.82, 2.24) is 45.6 Å². The van der Waals surface area contributed by atoms with Crippen molar-refractivity contribution < 1.29 is 19.1 Å². The second kappa shape index (κ2) is 23.0. The first-order valence-corrected chi connectivity index (χ1v) is 24.3. The van der Waals surface area contributed by atoms with Crippen molar-refractivity contribution in [3.63, 3.8) is 0 Å².